The number of rotatable bonds is 6. The Morgan fingerprint density at radius 1 is 1.31 bits per heavy atom. The van der Waals surface area contributed by atoms with E-state index in [1.54, 1.807) is 6.92 Å². The van der Waals surface area contributed by atoms with Crippen LogP contribution in [0.15, 0.2) is 21.3 Å². The fourth-order valence-corrected chi connectivity index (χ4v) is 3.44. The fraction of sp³-hybridized carbons (Fsp3) is 0.500. The number of hydrogen-bond donors (Lipinski definition) is 2. The zero-order valence-corrected chi connectivity index (χ0v) is 15.3. The molecule has 3 rings (SSSR count). The zero-order valence-electron chi connectivity index (χ0n) is 15.3. The van der Waals surface area contributed by atoms with E-state index in [2.05, 4.69) is 5.32 Å². The maximum Gasteiger partial charge on any atom is 0.339 e. The van der Waals surface area contributed by atoms with Crippen molar-refractivity contribution >= 4 is 16.9 Å². The van der Waals surface area contributed by atoms with Gasteiger partial charge < -0.3 is 19.6 Å². The van der Waals surface area contributed by atoms with Crippen LogP contribution in [0.4, 0.5) is 0 Å². The molecule has 1 unspecified atom stereocenters. The number of benzene rings is 1. The second kappa shape index (κ2) is 7.91. The molecule has 2 N–H and O–H groups in total. The van der Waals surface area contributed by atoms with E-state index < -0.39 is 6.10 Å². The van der Waals surface area contributed by atoms with Crippen LogP contribution in [0.2, 0.25) is 0 Å². The van der Waals surface area contributed by atoms with Crippen molar-refractivity contribution in [3.8, 4) is 5.75 Å². The molecular formula is C20H25NO5. The lowest BCUT2D eigenvalue weighted by molar-refractivity contribution is -0.127. The summed E-state index contributed by atoms with van der Waals surface area (Å²) in [5.74, 6) is 0.339. The Hall–Kier alpha value is -2.34. The van der Waals surface area contributed by atoms with Crippen molar-refractivity contribution in [3.05, 3.63) is 39.2 Å². The van der Waals surface area contributed by atoms with Gasteiger partial charge in [-0.1, -0.05) is 0 Å². The Kier molecular flexibility index (Phi) is 5.61. The second-order valence-electron chi connectivity index (χ2n) is 6.82. The summed E-state index contributed by atoms with van der Waals surface area (Å²) in [4.78, 5) is 24.5. The zero-order chi connectivity index (χ0) is 18.7. The van der Waals surface area contributed by atoms with Gasteiger partial charge in [-0.05, 0) is 69.2 Å². The number of fused-ring (bicyclic) bond motifs is 3. The lowest BCUT2D eigenvalue weighted by Crippen LogP contribution is -2.37. The highest BCUT2D eigenvalue weighted by molar-refractivity contribution is 5.89. The first-order valence-electron chi connectivity index (χ1n) is 9.15. The Morgan fingerprint density at radius 2 is 2.04 bits per heavy atom. The van der Waals surface area contributed by atoms with Gasteiger partial charge in [0.15, 0.2) is 6.10 Å². The number of aryl methyl sites for hydroxylation is 2. The monoisotopic (exact) mass is 359 g/mol. The van der Waals surface area contributed by atoms with Crippen LogP contribution in [0, 0.1) is 6.92 Å². The van der Waals surface area contributed by atoms with E-state index in [9.17, 15) is 9.59 Å². The molecule has 0 saturated carbocycles. The summed E-state index contributed by atoms with van der Waals surface area (Å²) in [6.45, 7) is 4.02. The van der Waals surface area contributed by atoms with Crippen LogP contribution in [-0.2, 0) is 17.6 Å². The molecule has 0 saturated heterocycles. The maximum absolute atomic E-state index is 12.3. The number of hydrogen-bond acceptors (Lipinski definition) is 5. The van der Waals surface area contributed by atoms with E-state index in [-0.39, 0.29) is 18.1 Å². The molecule has 1 aromatic heterocycles. The third-order valence-electron chi connectivity index (χ3n) is 4.74. The van der Waals surface area contributed by atoms with Gasteiger partial charge in [-0.15, -0.1) is 0 Å². The number of carbonyl (C=O) groups is 1. The van der Waals surface area contributed by atoms with Gasteiger partial charge in [0.05, 0.1) is 5.39 Å². The smallest absolute Gasteiger partial charge is 0.339 e. The largest absolute Gasteiger partial charge is 0.480 e. The highest BCUT2D eigenvalue weighted by Gasteiger charge is 2.23. The van der Waals surface area contributed by atoms with Gasteiger partial charge >= 0.3 is 5.63 Å². The molecule has 1 aromatic carbocycles. The molecule has 6 heteroatoms. The minimum absolute atomic E-state index is 0.0310. The van der Waals surface area contributed by atoms with Gasteiger partial charge in [-0.25, -0.2) is 4.79 Å². The van der Waals surface area contributed by atoms with Crippen LogP contribution in [0.25, 0.3) is 11.0 Å². The van der Waals surface area contributed by atoms with E-state index >= 15 is 0 Å². The van der Waals surface area contributed by atoms with Gasteiger partial charge in [-0.2, -0.15) is 0 Å². The summed E-state index contributed by atoms with van der Waals surface area (Å²) in [6.07, 6.45) is 3.35. The van der Waals surface area contributed by atoms with Crippen LogP contribution in [-0.4, -0.2) is 30.3 Å². The molecular weight excluding hydrogens is 334 g/mol. The van der Waals surface area contributed by atoms with Crippen molar-refractivity contribution in [2.45, 2.75) is 52.1 Å². The molecule has 2 aromatic rings. The number of aliphatic hydroxyl groups is 1. The van der Waals surface area contributed by atoms with Crippen LogP contribution in [0.1, 0.15) is 42.9 Å². The second-order valence-corrected chi connectivity index (χ2v) is 6.82. The topological polar surface area (TPSA) is 88.8 Å². The van der Waals surface area contributed by atoms with E-state index in [1.807, 2.05) is 19.1 Å². The molecule has 1 amide bonds. The molecule has 0 aliphatic heterocycles. The molecule has 140 valence electrons. The summed E-state index contributed by atoms with van der Waals surface area (Å²) in [7, 11) is 0. The third-order valence-corrected chi connectivity index (χ3v) is 4.74. The summed E-state index contributed by atoms with van der Waals surface area (Å²) in [5.41, 5.74) is 2.87. The lowest BCUT2D eigenvalue weighted by atomic mass is 9.90. The minimum atomic E-state index is -0.690. The van der Waals surface area contributed by atoms with Crippen LogP contribution in [0.5, 0.6) is 5.75 Å². The lowest BCUT2D eigenvalue weighted by Gasteiger charge is -2.21. The van der Waals surface area contributed by atoms with Gasteiger partial charge in [-0.3, -0.25) is 4.79 Å². The van der Waals surface area contributed by atoms with Crippen molar-refractivity contribution in [2.75, 3.05) is 13.2 Å². The van der Waals surface area contributed by atoms with E-state index in [0.717, 1.165) is 47.8 Å². The Labute approximate surface area is 152 Å². The number of amides is 1. The maximum atomic E-state index is 12.3. The molecule has 0 spiro atoms. The number of ether oxygens (including phenoxy) is 1. The highest BCUT2D eigenvalue weighted by atomic mass is 16.5. The molecule has 1 aliphatic carbocycles. The molecule has 0 bridgehead atoms. The molecule has 1 aliphatic rings. The van der Waals surface area contributed by atoms with Gasteiger partial charge in [0, 0.05) is 18.7 Å². The van der Waals surface area contributed by atoms with Gasteiger partial charge in [0.2, 0.25) is 0 Å². The predicted octanol–water partition coefficient (Wildman–Crippen LogP) is 2.25. The number of aliphatic hydroxyl groups excluding tert-OH is 1. The van der Waals surface area contributed by atoms with Gasteiger partial charge in [0.25, 0.3) is 5.91 Å². The third kappa shape index (κ3) is 3.75. The van der Waals surface area contributed by atoms with Crippen molar-refractivity contribution < 1.29 is 19.1 Å². The highest BCUT2D eigenvalue weighted by Crippen LogP contribution is 2.35. The van der Waals surface area contributed by atoms with E-state index in [4.69, 9.17) is 14.3 Å². The first-order valence-corrected chi connectivity index (χ1v) is 9.15. The van der Waals surface area contributed by atoms with Crippen LogP contribution in [0.3, 0.4) is 0 Å². The Balaban J connectivity index is 1.97. The first kappa shape index (κ1) is 18.5. The predicted molar refractivity (Wildman–Crippen MR) is 98.7 cm³/mol. The van der Waals surface area contributed by atoms with Gasteiger partial charge in [0.1, 0.15) is 11.3 Å². The SMILES string of the molecule is Cc1cc(OC(C)C(=O)NCCCO)c2c3c(c(=O)oc2c1)CCCC3. The molecule has 26 heavy (non-hydrogen) atoms. The quantitative estimate of drug-likeness (QED) is 0.610. The van der Waals surface area contributed by atoms with Crippen LogP contribution < -0.4 is 15.7 Å². The average Bonchev–Trinajstić information content (AvgIpc) is 2.61. The minimum Gasteiger partial charge on any atom is -0.480 e. The van der Waals surface area contributed by atoms with E-state index in [0.29, 0.717) is 24.3 Å². The average molecular weight is 359 g/mol. The van der Waals surface area contributed by atoms with E-state index in [1.165, 1.54) is 0 Å². The van der Waals surface area contributed by atoms with Crippen molar-refractivity contribution in [1.29, 1.82) is 0 Å². The van der Waals surface area contributed by atoms with Crippen molar-refractivity contribution in [2.24, 2.45) is 0 Å². The molecule has 0 radical (unpaired) electrons. The Morgan fingerprint density at radius 3 is 2.77 bits per heavy atom. The standard InChI is InChI=1S/C20H25NO5/c1-12-10-16(25-13(2)19(23)21-8-5-9-22)18-14-6-3-4-7-15(14)20(24)26-17(18)11-12/h10-11,13,22H,3-9H2,1-2H3,(H,21,23). The first-order chi connectivity index (χ1) is 12.5. The summed E-state index contributed by atoms with van der Waals surface area (Å²) >= 11 is 0. The van der Waals surface area contributed by atoms with Crippen molar-refractivity contribution in [1.82, 2.24) is 5.32 Å². The van der Waals surface area contributed by atoms with Crippen molar-refractivity contribution in [3.63, 3.8) is 0 Å². The fourth-order valence-electron chi connectivity index (χ4n) is 3.44. The van der Waals surface area contributed by atoms with Crippen LogP contribution >= 0.6 is 0 Å². The summed E-state index contributed by atoms with van der Waals surface area (Å²) in [6, 6.07) is 3.72. The number of nitrogens with one attached hydrogen (secondary N) is 1. The molecule has 6 nitrogen and oxygen atoms in total. The summed E-state index contributed by atoms with van der Waals surface area (Å²) in [5, 5.41) is 12.4. The molecule has 1 heterocycles. The molecule has 0 fully saturated rings. The molecule has 1 atom stereocenters. The Bertz CT molecular complexity index is 871. The number of carbonyl (C=O) groups excluding carboxylic acids is 1. The summed E-state index contributed by atoms with van der Waals surface area (Å²) < 4.78 is 11.5. The normalized spacial score (nSPS) is 14.7.